The van der Waals surface area contributed by atoms with Gasteiger partial charge in [-0.2, -0.15) is 0 Å². The number of hydrogen-bond acceptors (Lipinski definition) is 5. The molecule has 0 radical (unpaired) electrons. The molecule has 1 aromatic carbocycles. The first-order valence-electron chi connectivity index (χ1n) is 8.46. The van der Waals surface area contributed by atoms with E-state index in [1.807, 2.05) is 0 Å². The van der Waals surface area contributed by atoms with E-state index >= 15 is 0 Å². The number of ether oxygens (including phenoxy) is 1. The Morgan fingerprint density at radius 1 is 1.25 bits per heavy atom. The summed E-state index contributed by atoms with van der Waals surface area (Å²) in [6, 6.07) is 4.67. The van der Waals surface area contributed by atoms with Crippen LogP contribution in [0.4, 0.5) is 5.69 Å². The van der Waals surface area contributed by atoms with Crippen molar-refractivity contribution in [1.82, 2.24) is 10.6 Å². The van der Waals surface area contributed by atoms with E-state index in [2.05, 4.69) is 10.6 Å². The molecule has 0 spiro atoms. The highest BCUT2D eigenvalue weighted by atomic mass is 16.6. The van der Waals surface area contributed by atoms with Gasteiger partial charge in [-0.15, -0.1) is 0 Å². The molecule has 0 heterocycles. The lowest BCUT2D eigenvalue weighted by atomic mass is 10.1. The minimum absolute atomic E-state index is 0.0873. The first-order chi connectivity index (χ1) is 11.6. The lowest BCUT2D eigenvalue weighted by molar-refractivity contribution is -0.385. The summed E-state index contributed by atoms with van der Waals surface area (Å²) in [6.45, 7) is 1.25. The number of benzene rings is 1. The van der Waals surface area contributed by atoms with E-state index in [1.165, 1.54) is 63.8 Å². The van der Waals surface area contributed by atoms with E-state index in [-0.39, 0.29) is 17.3 Å². The molecule has 1 aliphatic carbocycles. The Morgan fingerprint density at radius 2 is 1.96 bits per heavy atom. The molecule has 0 bridgehead atoms. The maximum atomic E-state index is 12.1. The molecule has 1 saturated carbocycles. The lowest BCUT2D eigenvalue weighted by Gasteiger charge is -2.16. The fourth-order valence-electron chi connectivity index (χ4n) is 3.01. The summed E-state index contributed by atoms with van der Waals surface area (Å²) >= 11 is 0. The molecule has 1 fully saturated rings. The van der Waals surface area contributed by atoms with Crippen molar-refractivity contribution < 1.29 is 14.5 Å². The van der Waals surface area contributed by atoms with Crippen molar-refractivity contribution in [3.8, 4) is 5.75 Å². The van der Waals surface area contributed by atoms with Gasteiger partial charge in [0.1, 0.15) is 0 Å². The van der Waals surface area contributed by atoms with Crippen molar-refractivity contribution in [3.05, 3.63) is 33.9 Å². The van der Waals surface area contributed by atoms with Crippen LogP contribution in [0.15, 0.2) is 18.2 Å². The SMILES string of the molecule is COc1cc(C(=O)NCCNC2CCCCCC2)ccc1[N+](=O)[O-]. The molecular weight excluding hydrogens is 310 g/mol. The number of amides is 1. The normalized spacial score (nSPS) is 15.5. The Morgan fingerprint density at radius 3 is 2.58 bits per heavy atom. The first kappa shape index (κ1) is 18.2. The molecule has 1 amide bonds. The lowest BCUT2D eigenvalue weighted by Crippen LogP contribution is -2.36. The highest BCUT2D eigenvalue weighted by Gasteiger charge is 2.17. The Balaban J connectivity index is 1.80. The second-order valence-corrected chi connectivity index (χ2v) is 6.04. The largest absolute Gasteiger partial charge is 0.490 e. The minimum Gasteiger partial charge on any atom is -0.490 e. The number of nitrogens with one attached hydrogen (secondary N) is 2. The molecule has 24 heavy (non-hydrogen) atoms. The number of nitro groups is 1. The molecule has 2 rings (SSSR count). The van der Waals surface area contributed by atoms with Gasteiger partial charge in [0.2, 0.25) is 0 Å². The summed E-state index contributed by atoms with van der Waals surface area (Å²) in [5.41, 5.74) is 0.205. The van der Waals surface area contributed by atoms with Crippen molar-refractivity contribution in [1.29, 1.82) is 0 Å². The summed E-state index contributed by atoms with van der Waals surface area (Å²) < 4.78 is 4.98. The summed E-state index contributed by atoms with van der Waals surface area (Å²) in [4.78, 5) is 22.5. The summed E-state index contributed by atoms with van der Waals surface area (Å²) in [6.07, 6.45) is 7.58. The molecule has 7 heteroatoms. The number of hydrogen-bond donors (Lipinski definition) is 2. The topological polar surface area (TPSA) is 93.5 Å². The molecule has 0 unspecified atom stereocenters. The average Bonchev–Trinajstić information content (AvgIpc) is 2.86. The number of carbonyl (C=O) groups is 1. The predicted octanol–water partition coefficient (Wildman–Crippen LogP) is 2.65. The first-order valence-corrected chi connectivity index (χ1v) is 8.46. The zero-order chi connectivity index (χ0) is 17.4. The number of nitrogens with zero attached hydrogens (tertiary/aromatic N) is 1. The standard InChI is InChI=1S/C17H25N3O4/c1-24-16-12-13(8-9-15(16)20(22)23)17(21)19-11-10-18-14-6-4-2-3-5-7-14/h8-9,12,14,18H,2-7,10-11H2,1H3,(H,19,21). The zero-order valence-corrected chi connectivity index (χ0v) is 14.0. The van der Waals surface area contributed by atoms with Gasteiger partial charge < -0.3 is 15.4 Å². The van der Waals surface area contributed by atoms with Gasteiger partial charge in [-0.25, -0.2) is 0 Å². The van der Waals surface area contributed by atoms with Gasteiger partial charge in [-0.1, -0.05) is 25.7 Å². The second-order valence-electron chi connectivity index (χ2n) is 6.04. The second kappa shape index (κ2) is 9.22. The fourth-order valence-corrected chi connectivity index (χ4v) is 3.01. The van der Waals surface area contributed by atoms with Gasteiger partial charge in [-0.3, -0.25) is 14.9 Å². The molecule has 7 nitrogen and oxygen atoms in total. The molecule has 0 atom stereocenters. The molecule has 0 aliphatic heterocycles. The van der Waals surface area contributed by atoms with E-state index in [0.29, 0.717) is 18.2 Å². The van der Waals surface area contributed by atoms with Crippen LogP contribution in [0.2, 0.25) is 0 Å². The number of nitro benzene ring substituents is 1. The van der Waals surface area contributed by atoms with Crippen LogP contribution in [0.25, 0.3) is 0 Å². The van der Waals surface area contributed by atoms with Crippen molar-refractivity contribution in [2.24, 2.45) is 0 Å². The van der Waals surface area contributed by atoms with Crippen LogP contribution in [0.3, 0.4) is 0 Å². The van der Waals surface area contributed by atoms with Gasteiger partial charge in [0, 0.05) is 36.8 Å². The van der Waals surface area contributed by atoms with Crippen LogP contribution in [-0.4, -0.2) is 37.1 Å². The Labute approximate surface area is 141 Å². The summed E-state index contributed by atoms with van der Waals surface area (Å²) in [5.74, 6) is -0.171. The molecule has 0 saturated heterocycles. The monoisotopic (exact) mass is 335 g/mol. The highest BCUT2D eigenvalue weighted by Crippen LogP contribution is 2.27. The molecule has 2 N–H and O–H groups in total. The Bertz CT molecular complexity index is 569. The molecule has 0 aromatic heterocycles. The number of rotatable bonds is 7. The van der Waals surface area contributed by atoms with Gasteiger partial charge in [0.15, 0.2) is 5.75 Å². The van der Waals surface area contributed by atoms with Gasteiger partial charge in [-0.05, 0) is 18.9 Å². The van der Waals surface area contributed by atoms with E-state index in [9.17, 15) is 14.9 Å². The van der Waals surface area contributed by atoms with Crippen molar-refractivity contribution in [2.75, 3.05) is 20.2 Å². The summed E-state index contributed by atoms with van der Waals surface area (Å²) in [7, 11) is 1.35. The van der Waals surface area contributed by atoms with Gasteiger partial charge in [0.25, 0.3) is 5.91 Å². The van der Waals surface area contributed by atoms with E-state index < -0.39 is 4.92 Å². The van der Waals surface area contributed by atoms with E-state index in [1.54, 1.807) is 0 Å². The van der Waals surface area contributed by atoms with Crippen LogP contribution in [0.1, 0.15) is 48.9 Å². The average molecular weight is 335 g/mol. The summed E-state index contributed by atoms with van der Waals surface area (Å²) in [5, 5.41) is 17.2. The van der Waals surface area contributed by atoms with Gasteiger partial charge in [0.05, 0.1) is 12.0 Å². The third-order valence-electron chi connectivity index (χ3n) is 4.34. The zero-order valence-electron chi connectivity index (χ0n) is 14.0. The maximum absolute atomic E-state index is 12.1. The Hall–Kier alpha value is -2.15. The Kier molecular flexibility index (Phi) is 6.99. The third-order valence-corrected chi connectivity index (χ3v) is 4.34. The molecular formula is C17H25N3O4. The minimum atomic E-state index is -0.531. The van der Waals surface area contributed by atoms with E-state index in [0.717, 1.165) is 6.54 Å². The van der Waals surface area contributed by atoms with Crippen molar-refractivity contribution >= 4 is 11.6 Å². The van der Waals surface area contributed by atoms with Gasteiger partial charge >= 0.3 is 5.69 Å². The highest BCUT2D eigenvalue weighted by molar-refractivity contribution is 5.95. The number of carbonyl (C=O) groups excluding carboxylic acids is 1. The molecule has 132 valence electrons. The third kappa shape index (κ3) is 5.19. The maximum Gasteiger partial charge on any atom is 0.310 e. The molecule has 1 aliphatic rings. The van der Waals surface area contributed by atoms with Crippen LogP contribution in [-0.2, 0) is 0 Å². The quantitative estimate of drug-likeness (QED) is 0.346. The van der Waals surface area contributed by atoms with Crippen LogP contribution in [0, 0.1) is 10.1 Å². The van der Waals surface area contributed by atoms with E-state index in [4.69, 9.17) is 4.74 Å². The molecule has 1 aromatic rings. The fraction of sp³-hybridized carbons (Fsp3) is 0.588. The number of methoxy groups -OCH3 is 1. The smallest absolute Gasteiger partial charge is 0.310 e. The van der Waals surface area contributed by atoms with Crippen LogP contribution < -0.4 is 15.4 Å². The van der Waals surface area contributed by atoms with Crippen molar-refractivity contribution in [2.45, 2.75) is 44.6 Å². The van der Waals surface area contributed by atoms with Crippen LogP contribution in [0.5, 0.6) is 5.75 Å². The van der Waals surface area contributed by atoms with Crippen molar-refractivity contribution in [3.63, 3.8) is 0 Å². The predicted molar refractivity (Wildman–Crippen MR) is 91.5 cm³/mol. The van der Waals surface area contributed by atoms with Crippen LogP contribution >= 0.6 is 0 Å².